The van der Waals surface area contributed by atoms with Crippen LogP contribution in [0.4, 0.5) is 4.39 Å². The van der Waals surface area contributed by atoms with Gasteiger partial charge in [-0.05, 0) is 30.5 Å². The van der Waals surface area contributed by atoms with Crippen molar-refractivity contribution in [3.05, 3.63) is 71.0 Å². The Morgan fingerprint density at radius 1 is 1.12 bits per heavy atom. The number of methoxy groups -OCH3 is 1. The van der Waals surface area contributed by atoms with Crippen molar-refractivity contribution in [3.63, 3.8) is 0 Å². The second-order valence-electron chi connectivity index (χ2n) is 5.65. The first-order valence-electron chi connectivity index (χ1n) is 8.05. The van der Waals surface area contributed by atoms with Crippen molar-refractivity contribution in [1.82, 2.24) is 5.32 Å². The van der Waals surface area contributed by atoms with Gasteiger partial charge in [0.1, 0.15) is 0 Å². The zero-order chi connectivity index (χ0) is 19.1. The van der Waals surface area contributed by atoms with Gasteiger partial charge in [0.25, 0.3) is 0 Å². The zero-order valence-electron chi connectivity index (χ0n) is 14.6. The fraction of sp³-hybridized carbons (Fsp3) is 0.200. The third-order valence-corrected chi connectivity index (χ3v) is 3.81. The molecule has 0 atom stereocenters. The van der Waals surface area contributed by atoms with Gasteiger partial charge >= 0.3 is 5.97 Å². The van der Waals surface area contributed by atoms with Gasteiger partial charge in [-0.3, -0.25) is 4.79 Å². The molecule has 2 N–H and O–H groups in total. The number of para-hydroxylation sites is 1. The first-order valence-corrected chi connectivity index (χ1v) is 8.05. The zero-order valence-corrected chi connectivity index (χ0v) is 14.6. The van der Waals surface area contributed by atoms with E-state index in [4.69, 9.17) is 4.74 Å². The maximum absolute atomic E-state index is 14.1. The Bertz CT molecular complexity index is 831. The first kappa shape index (κ1) is 19.2. The highest BCUT2D eigenvalue weighted by atomic mass is 19.1. The molecule has 1 amide bonds. The van der Waals surface area contributed by atoms with Crippen LogP contribution in [0, 0.1) is 5.82 Å². The Hall–Kier alpha value is -3.15. The number of halogens is 1. The summed E-state index contributed by atoms with van der Waals surface area (Å²) in [5, 5.41) is 12.2. The molecule has 0 aliphatic heterocycles. The lowest BCUT2D eigenvalue weighted by Crippen LogP contribution is -2.23. The van der Waals surface area contributed by atoms with Crippen LogP contribution in [-0.4, -0.2) is 24.1 Å². The Kier molecular flexibility index (Phi) is 6.49. The molecule has 26 heavy (non-hydrogen) atoms. The lowest BCUT2D eigenvalue weighted by molar-refractivity contribution is -0.132. The SMILES string of the molecule is COc1c(F)cccc1/C(NC(C)=O)=C(\CCc1ccccc1)C(=O)O. The minimum absolute atomic E-state index is 0.0204. The number of benzene rings is 2. The molecule has 0 aliphatic carbocycles. The fourth-order valence-corrected chi connectivity index (χ4v) is 2.65. The minimum Gasteiger partial charge on any atom is -0.493 e. The normalized spacial score (nSPS) is 11.5. The van der Waals surface area contributed by atoms with Crippen molar-refractivity contribution in [2.24, 2.45) is 0 Å². The molecule has 2 rings (SSSR count). The number of carboxylic acid groups (broad SMARTS) is 1. The van der Waals surface area contributed by atoms with Crippen LogP contribution < -0.4 is 10.1 Å². The van der Waals surface area contributed by atoms with Crippen molar-refractivity contribution >= 4 is 17.6 Å². The van der Waals surface area contributed by atoms with E-state index < -0.39 is 17.7 Å². The van der Waals surface area contributed by atoms with Crippen LogP contribution in [0.2, 0.25) is 0 Å². The van der Waals surface area contributed by atoms with E-state index in [0.29, 0.717) is 6.42 Å². The molecule has 0 radical (unpaired) electrons. The second kappa shape index (κ2) is 8.80. The Balaban J connectivity index is 2.53. The molecule has 2 aromatic rings. The van der Waals surface area contributed by atoms with Crippen LogP contribution in [0.1, 0.15) is 24.5 Å². The summed E-state index contributed by atoms with van der Waals surface area (Å²) in [5.74, 6) is -2.39. The molecule has 0 spiro atoms. The van der Waals surface area contributed by atoms with Crippen LogP contribution in [0.15, 0.2) is 54.1 Å². The van der Waals surface area contributed by atoms with Crippen molar-refractivity contribution in [3.8, 4) is 5.75 Å². The van der Waals surface area contributed by atoms with Crippen LogP contribution in [0.5, 0.6) is 5.75 Å². The largest absolute Gasteiger partial charge is 0.493 e. The number of hydrogen-bond acceptors (Lipinski definition) is 3. The first-order chi connectivity index (χ1) is 12.4. The number of nitrogens with one attached hydrogen (secondary N) is 1. The van der Waals surface area contributed by atoms with E-state index in [-0.39, 0.29) is 29.0 Å². The molecular formula is C20H20FNO4. The third kappa shape index (κ3) is 4.69. The Labute approximate surface area is 151 Å². The summed E-state index contributed by atoms with van der Waals surface area (Å²) in [4.78, 5) is 23.5. The van der Waals surface area contributed by atoms with Gasteiger partial charge in [0.15, 0.2) is 11.6 Å². The minimum atomic E-state index is -1.18. The van der Waals surface area contributed by atoms with E-state index in [1.54, 1.807) is 0 Å². The van der Waals surface area contributed by atoms with Gasteiger partial charge in [-0.2, -0.15) is 0 Å². The van der Waals surface area contributed by atoms with Gasteiger partial charge in [-0.25, -0.2) is 9.18 Å². The lowest BCUT2D eigenvalue weighted by atomic mass is 9.98. The topological polar surface area (TPSA) is 75.6 Å². The number of ether oxygens (including phenoxy) is 1. The molecule has 6 heteroatoms. The number of carboxylic acids is 1. The second-order valence-corrected chi connectivity index (χ2v) is 5.65. The quantitative estimate of drug-likeness (QED) is 0.745. The van der Waals surface area contributed by atoms with Gasteiger partial charge < -0.3 is 15.2 Å². The van der Waals surface area contributed by atoms with Gasteiger partial charge in [0.05, 0.1) is 18.4 Å². The predicted molar refractivity (Wildman–Crippen MR) is 96.1 cm³/mol. The lowest BCUT2D eigenvalue weighted by Gasteiger charge is -2.17. The van der Waals surface area contributed by atoms with Crippen LogP contribution in [0.25, 0.3) is 5.70 Å². The molecule has 0 aliphatic rings. The Morgan fingerprint density at radius 3 is 2.38 bits per heavy atom. The van der Waals surface area contributed by atoms with Gasteiger partial charge in [0.2, 0.25) is 5.91 Å². The van der Waals surface area contributed by atoms with E-state index in [9.17, 15) is 19.1 Å². The summed E-state index contributed by atoms with van der Waals surface area (Å²) in [5.41, 5.74) is 1.16. The number of rotatable bonds is 7. The third-order valence-electron chi connectivity index (χ3n) is 3.81. The number of amides is 1. The van der Waals surface area contributed by atoms with Crippen molar-refractivity contribution < 1.29 is 23.8 Å². The average molecular weight is 357 g/mol. The summed E-state index contributed by atoms with van der Waals surface area (Å²) in [6.45, 7) is 1.27. The van der Waals surface area contributed by atoms with Crippen molar-refractivity contribution in [2.45, 2.75) is 19.8 Å². The van der Waals surface area contributed by atoms with E-state index in [1.165, 1.54) is 32.2 Å². The van der Waals surface area contributed by atoms with Crippen LogP contribution in [0.3, 0.4) is 0 Å². The van der Waals surface area contributed by atoms with Crippen LogP contribution >= 0.6 is 0 Å². The summed E-state index contributed by atoms with van der Waals surface area (Å²) in [6, 6.07) is 13.5. The predicted octanol–water partition coefficient (Wildman–Crippen LogP) is 3.40. The summed E-state index contributed by atoms with van der Waals surface area (Å²) in [7, 11) is 1.29. The molecule has 2 aromatic carbocycles. The molecular weight excluding hydrogens is 337 g/mol. The monoisotopic (exact) mass is 357 g/mol. The number of carbonyl (C=O) groups excluding carboxylic acids is 1. The average Bonchev–Trinajstić information content (AvgIpc) is 2.61. The van der Waals surface area contributed by atoms with E-state index in [2.05, 4.69) is 5.32 Å². The number of aryl methyl sites for hydroxylation is 1. The molecule has 0 bridgehead atoms. The van der Waals surface area contributed by atoms with Crippen LogP contribution in [-0.2, 0) is 16.0 Å². The highest BCUT2D eigenvalue weighted by Gasteiger charge is 2.21. The molecule has 5 nitrogen and oxygen atoms in total. The van der Waals surface area contributed by atoms with Gasteiger partial charge in [-0.1, -0.05) is 36.4 Å². The highest BCUT2D eigenvalue weighted by Crippen LogP contribution is 2.30. The molecule has 0 unspecified atom stereocenters. The van der Waals surface area contributed by atoms with E-state index >= 15 is 0 Å². The maximum atomic E-state index is 14.1. The molecule has 136 valence electrons. The molecule has 0 heterocycles. The maximum Gasteiger partial charge on any atom is 0.333 e. The number of aliphatic carboxylic acids is 1. The molecule has 0 aromatic heterocycles. The van der Waals surface area contributed by atoms with Gasteiger partial charge in [0, 0.05) is 12.5 Å². The summed E-state index contributed by atoms with van der Waals surface area (Å²) in [6.07, 6.45) is 0.623. The van der Waals surface area contributed by atoms with Gasteiger partial charge in [-0.15, -0.1) is 0 Å². The molecule has 0 saturated heterocycles. The van der Waals surface area contributed by atoms with Crippen molar-refractivity contribution in [2.75, 3.05) is 7.11 Å². The number of carbonyl (C=O) groups is 2. The molecule has 0 fully saturated rings. The van der Waals surface area contributed by atoms with E-state index in [1.807, 2.05) is 30.3 Å². The van der Waals surface area contributed by atoms with Crippen molar-refractivity contribution in [1.29, 1.82) is 0 Å². The standard InChI is InChI=1S/C20H20FNO4/c1-13(23)22-18(15-9-6-10-17(21)19(15)26-2)16(20(24)25)12-11-14-7-4-3-5-8-14/h3-10H,11-12H2,1-2H3,(H,22,23)(H,24,25)/b18-16-. The smallest absolute Gasteiger partial charge is 0.333 e. The Morgan fingerprint density at radius 2 is 1.81 bits per heavy atom. The molecule has 0 saturated carbocycles. The highest BCUT2D eigenvalue weighted by molar-refractivity contribution is 6.00. The summed E-state index contributed by atoms with van der Waals surface area (Å²) >= 11 is 0. The number of hydrogen-bond donors (Lipinski definition) is 2. The van der Waals surface area contributed by atoms with E-state index in [0.717, 1.165) is 5.56 Å². The fourth-order valence-electron chi connectivity index (χ4n) is 2.65. The summed E-state index contributed by atoms with van der Waals surface area (Å²) < 4.78 is 19.1.